The quantitative estimate of drug-likeness (QED) is 0.865. The van der Waals surface area contributed by atoms with E-state index >= 15 is 0 Å². The number of nitrogens with zero attached hydrogens (tertiary/aromatic N) is 2. The highest BCUT2D eigenvalue weighted by Crippen LogP contribution is 2.23. The maximum absolute atomic E-state index is 5.81. The molecule has 0 aliphatic heterocycles. The van der Waals surface area contributed by atoms with Crippen molar-refractivity contribution in [3.63, 3.8) is 0 Å². The normalized spacial score (nSPS) is 12.6. The minimum atomic E-state index is -0.229. The van der Waals surface area contributed by atoms with E-state index in [4.69, 9.17) is 21.8 Å². The molecule has 17 heavy (non-hydrogen) atoms. The van der Waals surface area contributed by atoms with Gasteiger partial charge in [0.2, 0.25) is 5.89 Å². The fourth-order valence-corrected chi connectivity index (χ4v) is 2.04. The first-order valence-electron chi connectivity index (χ1n) is 5.11. The van der Waals surface area contributed by atoms with Gasteiger partial charge in [-0.2, -0.15) is 0 Å². The Kier molecular flexibility index (Phi) is 4.04. The second kappa shape index (κ2) is 5.53. The number of benzene rings is 1. The lowest BCUT2D eigenvalue weighted by Crippen LogP contribution is -2.04. The third kappa shape index (κ3) is 3.46. The van der Waals surface area contributed by atoms with Crippen molar-refractivity contribution in [2.75, 3.05) is 0 Å². The minimum absolute atomic E-state index is 0.229. The molecule has 1 heterocycles. The first-order valence-corrected chi connectivity index (χ1v) is 6.48. The SMILES string of the molecule is CC(N)c1nnc(SCc2ccc(Cl)cc2)o1. The van der Waals surface area contributed by atoms with Crippen LogP contribution < -0.4 is 5.73 Å². The van der Waals surface area contributed by atoms with Crippen molar-refractivity contribution in [3.8, 4) is 0 Å². The standard InChI is InChI=1S/C11H12ClN3OS/c1-7(13)10-14-15-11(16-10)17-6-8-2-4-9(12)5-3-8/h2-5,7H,6,13H2,1H3. The molecular weight excluding hydrogens is 258 g/mol. The second-order valence-electron chi connectivity index (χ2n) is 3.61. The summed E-state index contributed by atoms with van der Waals surface area (Å²) >= 11 is 7.28. The van der Waals surface area contributed by atoms with Gasteiger partial charge in [-0.15, -0.1) is 10.2 Å². The van der Waals surface area contributed by atoms with E-state index in [1.165, 1.54) is 11.8 Å². The van der Waals surface area contributed by atoms with Crippen molar-refractivity contribution >= 4 is 23.4 Å². The molecule has 4 nitrogen and oxygen atoms in total. The highest BCUT2D eigenvalue weighted by atomic mass is 35.5. The fraction of sp³-hybridized carbons (Fsp3) is 0.273. The van der Waals surface area contributed by atoms with Crippen molar-refractivity contribution < 1.29 is 4.42 Å². The van der Waals surface area contributed by atoms with Crippen LogP contribution in [-0.4, -0.2) is 10.2 Å². The molecule has 0 saturated heterocycles. The number of aromatic nitrogens is 2. The summed E-state index contributed by atoms with van der Waals surface area (Å²) in [4.78, 5) is 0. The van der Waals surface area contributed by atoms with Crippen molar-refractivity contribution in [1.82, 2.24) is 10.2 Å². The summed E-state index contributed by atoms with van der Waals surface area (Å²) in [5, 5.41) is 9.04. The lowest BCUT2D eigenvalue weighted by molar-refractivity contribution is 0.394. The lowest BCUT2D eigenvalue weighted by atomic mass is 10.2. The van der Waals surface area contributed by atoms with Gasteiger partial charge in [0.25, 0.3) is 5.22 Å². The number of halogens is 1. The summed E-state index contributed by atoms with van der Waals surface area (Å²) in [6.07, 6.45) is 0. The maximum atomic E-state index is 5.81. The minimum Gasteiger partial charge on any atom is -0.414 e. The molecule has 1 aromatic carbocycles. The maximum Gasteiger partial charge on any atom is 0.276 e. The Morgan fingerprint density at radius 3 is 2.65 bits per heavy atom. The van der Waals surface area contributed by atoms with E-state index < -0.39 is 0 Å². The van der Waals surface area contributed by atoms with Crippen LogP contribution >= 0.6 is 23.4 Å². The Labute approximate surface area is 109 Å². The molecule has 1 aromatic heterocycles. The van der Waals surface area contributed by atoms with E-state index in [1.54, 1.807) is 6.92 Å². The van der Waals surface area contributed by atoms with Gasteiger partial charge in [-0.3, -0.25) is 0 Å². The molecule has 0 aliphatic rings. The number of nitrogens with two attached hydrogens (primary N) is 1. The molecule has 0 spiro atoms. The van der Waals surface area contributed by atoms with E-state index in [2.05, 4.69) is 10.2 Å². The van der Waals surface area contributed by atoms with Gasteiger partial charge >= 0.3 is 0 Å². The van der Waals surface area contributed by atoms with Crippen molar-refractivity contribution in [2.45, 2.75) is 23.9 Å². The van der Waals surface area contributed by atoms with Gasteiger partial charge < -0.3 is 10.2 Å². The predicted octanol–water partition coefficient (Wildman–Crippen LogP) is 3.04. The molecule has 0 radical (unpaired) electrons. The first kappa shape index (κ1) is 12.4. The van der Waals surface area contributed by atoms with Gasteiger partial charge in [0.1, 0.15) is 0 Å². The van der Waals surface area contributed by atoms with Crippen LogP contribution in [0.1, 0.15) is 24.4 Å². The van der Waals surface area contributed by atoms with Crippen LogP contribution in [0.5, 0.6) is 0 Å². The summed E-state index contributed by atoms with van der Waals surface area (Å²) in [5.41, 5.74) is 6.78. The molecule has 0 saturated carbocycles. The average Bonchev–Trinajstić information content (AvgIpc) is 2.77. The molecule has 0 bridgehead atoms. The molecular formula is C11H12ClN3OS. The van der Waals surface area contributed by atoms with E-state index in [0.717, 1.165) is 16.3 Å². The molecule has 90 valence electrons. The summed E-state index contributed by atoms with van der Waals surface area (Å²) < 4.78 is 5.38. The van der Waals surface area contributed by atoms with Gasteiger partial charge in [-0.05, 0) is 24.6 Å². The van der Waals surface area contributed by atoms with E-state index in [-0.39, 0.29) is 6.04 Å². The molecule has 0 aliphatic carbocycles. The third-order valence-corrected chi connectivity index (χ3v) is 3.23. The van der Waals surface area contributed by atoms with E-state index in [1.807, 2.05) is 24.3 Å². The van der Waals surface area contributed by atoms with Crippen LogP contribution in [0.2, 0.25) is 5.02 Å². The van der Waals surface area contributed by atoms with Crippen LogP contribution in [-0.2, 0) is 5.75 Å². The average molecular weight is 270 g/mol. The number of hydrogen-bond donors (Lipinski definition) is 1. The zero-order valence-electron chi connectivity index (χ0n) is 9.26. The molecule has 0 fully saturated rings. The molecule has 6 heteroatoms. The summed E-state index contributed by atoms with van der Waals surface area (Å²) in [7, 11) is 0. The van der Waals surface area contributed by atoms with Gasteiger partial charge in [-0.25, -0.2) is 0 Å². The van der Waals surface area contributed by atoms with Crippen LogP contribution in [0.4, 0.5) is 0 Å². The van der Waals surface area contributed by atoms with Crippen molar-refractivity contribution in [2.24, 2.45) is 5.73 Å². The van der Waals surface area contributed by atoms with Crippen LogP contribution in [0, 0.1) is 0 Å². The van der Waals surface area contributed by atoms with E-state index in [9.17, 15) is 0 Å². The highest BCUT2D eigenvalue weighted by molar-refractivity contribution is 7.98. The summed E-state index contributed by atoms with van der Waals surface area (Å²) in [5.74, 6) is 1.22. The molecule has 0 amide bonds. The number of hydrogen-bond acceptors (Lipinski definition) is 5. The topological polar surface area (TPSA) is 64.9 Å². The molecule has 2 aromatic rings. The van der Waals surface area contributed by atoms with Gasteiger partial charge in [0.05, 0.1) is 6.04 Å². The van der Waals surface area contributed by atoms with Gasteiger partial charge in [0.15, 0.2) is 0 Å². The first-order chi connectivity index (χ1) is 8.15. The molecule has 2 rings (SSSR count). The van der Waals surface area contributed by atoms with Crippen molar-refractivity contribution in [1.29, 1.82) is 0 Å². The molecule has 2 N–H and O–H groups in total. The Bertz CT molecular complexity index is 484. The monoisotopic (exact) mass is 269 g/mol. The Morgan fingerprint density at radius 2 is 2.06 bits per heavy atom. The Hall–Kier alpha value is -1.04. The molecule has 1 unspecified atom stereocenters. The summed E-state index contributed by atoms with van der Waals surface area (Å²) in [6.45, 7) is 1.81. The van der Waals surface area contributed by atoms with Gasteiger partial charge in [-0.1, -0.05) is 35.5 Å². The molecule has 1 atom stereocenters. The number of rotatable bonds is 4. The zero-order valence-corrected chi connectivity index (χ0v) is 10.8. The van der Waals surface area contributed by atoms with Crippen LogP contribution in [0.15, 0.2) is 33.9 Å². The zero-order chi connectivity index (χ0) is 12.3. The second-order valence-corrected chi connectivity index (χ2v) is 4.97. The Balaban J connectivity index is 1.95. The largest absolute Gasteiger partial charge is 0.414 e. The number of thioether (sulfide) groups is 1. The van der Waals surface area contributed by atoms with Crippen LogP contribution in [0.25, 0.3) is 0 Å². The predicted molar refractivity (Wildman–Crippen MR) is 67.9 cm³/mol. The smallest absolute Gasteiger partial charge is 0.276 e. The van der Waals surface area contributed by atoms with Crippen molar-refractivity contribution in [3.05, 3.63) is 40.7 Å². The van der Waals surface area contributed by atoms with E-state index in [0.29, 0.717) is 11.1 Å². The van der Waals surface area contributed by atoms with Crippen LogP contribution in [0.3, 0.4) is 0 Å². The van der Waals surface area contributed by atoms with Gasteiger partial charge in [0, 0.05) is 10.8 Å². The lowest BCUT2D eigenvalue weighted by Gasteiger charge is -1.98. The third-order valence-electron chi connectivity index (χ3n) is 2.09. The summed E-state index contributed by atoms with van der Waals surface area (Å²) in [6, 6.07) is 7.43. The Morgan fingerprint density at radius 1 is 1.35 bits per heavy atom. The highest BCUT2D eigenvalue weighted by Gasteiger charge is 2.10. The fourth-order valence-electron chi connectivity index (χ4n) is 1.19.